The van der Waals surface area contributed by atoms with Crippen molar-refractivity contribution in [2.45, 2.75) is 17.7 Å². The zero-order valence-electron chi connectivity index (χ0n) is 14.3. The molecule has 4 rings (SSSR count). The molecule has 0 radical (unpaired) electrons. The molecule has 1 atom stereocenters. The lowest BCUT2D eigenvalue weighted by Crippen LogP contribution is -2.43. The van der Waals surface area contributed by atoms with Crippen molar-refractivity contribution in [3.8, 4) is 0 Å². The van der Waals surface area contributed by atoms with Gasteiger partial charge in [-0.3, -0.25) is 9.78 Å². The third kappa shape index (κ3) is 3.55. The summed E-state index contributed by atoms with van der Waals surface area (Å²) in [4.78, 5) is 16.6. The summed E-state index contributed by atoms with van der Waals surface area (Å²) < 4.78 is 35.9. The maximum absolute atomic E-state index is 13.1. The molecule has 1 amide bonds. The second kappa shape index (κ2) is 7.29. The Balaban J connectivity index is 1.55. The first kappa shape index (κ1) is 18.0. The number of carbonyl (C=O) groups excluding carboxylic acids is 1. The lowest BCUT2D eigenvalue weighted by atomic mass is 9.99. The predicted molar refractivity (Wildman–Crippen MR) is 102 cm³/mol. The number of hydrogen-bond donors (Lipinski definition) is 1. The first-order chi connectivity index (χ1) is 13.1. The average Bonchev–Trinajstić information content (AvgIpc) is 3.17. The van der Waals surface area contributed by atoms with Crippen LogP contribution >= 0.6 is 11.7 Å². The van der Waals surface area contributed by atoms with Crippen LogP contribution in [0.3, 0.4) is 0 Å². The Morgan fingerprint density at radius 3 is 2.81 bits per heavy atom. The highest BCUT2D eigenvalue weighted by Gasteiger charge is 2.34. The molecular formula is C17H17N5O3S2. The van der Waals surface area contributed by atoms with Gasteiger partial charge < -0.3 is 5.32 Å². The molecule has 140 valence electrons. The Hall–Kier alpha value is -2.43. The van der Waals surface area contributed by atoms with E-state index < -0.39 is 15.9 Å². The quantitative estimate of drug-likeness (QED) is 0.715. The first-order valence-corrected chi connectivity index (χ1v) is 10.6. The molecule has 1 aromatic carbocycles. The minimum Gasteiger partial charge on any atom is -0.326 e. The number of pyridine rings is 1. The smallest absolute Gasteiger partial charge is 0.245 e. The zero-order chi connectivity index (χ0) is 18.9. The number of carbonyl (C=O) groups is 1. The van der Waals surface area contributed by atoms with E-state index in [2.05, 4.69) is 19.0 Å². The van der Waals surface area contributed by atoms with E-state index in [1.165, 1.54) is 4.31 Å². The molecule has 10 heteroatoms. The van der Waals surface area contributed by atoms with Crippen molar-refractivity contribution < 1.29 is 13.2 Å². The van der Waals surface area contributed by atoms with Crippen LogP contribution in [0.15, 0.2) is 47.6 Å². The molecule has 1 fully saturated rings. The van der Waals surface area contributed by atoms with Crippen molar-refractivity contribution in [3.63, 3.8) is 0 Å². The van der Waals surface area contributed by atoms with Crippen LogP contribution in [0.1, 0.15) is 12.8 Å². The summed E-state index contributed by atoms with van der Waals surface area (Å²) in [6.45, 7) is 0.530. The van der Waals surface area contributed by atoms with Crippen LogP contribution in [-0.2, 0) is 14.8 Å². The minimum atomic E-state index is -3.75. The average molecular weight is 403 g/mol. The zero-order valence-corrected chi connectivity index (χ0v) is 15.9. The number of aromatic nitrogens is 3. The molecule has 8 nitrogen and oxygen atoms in total. The van der Waals surface area contributed by atoms with Gasteiger partial charge in [0.15, 0.2) is 0 Å². The fraction of sp³-hybridized carbons (Fsp3) is 0.294. The van der Waals surface area contributed by atoms with E-state index in [1.54, 1.807) is 42.7 Å². The molecule has 0 spiro atoms. The third-order valence-corrected chi connectivity index (χ3v) is 7.01. The Morgan fingerprint density at radius 1 is 1.19 bits per heavy atom. The molecule has 1 aliphatic heterocycles. The number of nitrogens with one attached hydrogen (secondary N) is 1. The Morgan fingerprint density at radius 2 is 2.00 bits per heavy atom. The van der Waals surface area contributed by atoms with Crippen LogP contribution in [0.5, 0.6) is 0 Å². The van der Waals surface area contributed by atoms with Crippen LogP contribution in [-0.4, -0.2) is 45.5 Å². The number of fused-ring (bicyclic) bond motifs is 1. The first-order valence-electron chi connectivity index (χ1n) is 8.48. The van der Waals surface area contributed by atoms with Gasteiger partial charge in [-0.2, -0.15) is 13.1 Å². The van der Waals surface area contributed by atoms with E-state index >= 15 is 0 Å². The summed E-state index contributed by atoms with van der Waals surface area (Å²) in [6.07, 6.45) is 4.45. The standard InChI is InChI=1S/C17H17N5O3S2/c23-17(19-13-6-8-18-9-7-13)12-3-2-10-22(11-12)27(24,25)15-5-1-4-14-16(15)21-26-20-14/h1,4-9,12H,2-3,10-11H2,(H,18,19,23)/t12-/m1/s1. The number of benzene rings is 1. The Labute approximate surface area is 160 Å². The largest absolute Gasteiger partial charge is 0.326 e. The highest BCUT2D eigenvalue weighted by molar-refractivity contribution is 7.89. The van der Waals surface area contributed by atoms with Gasteiger partial charge in [-0.05, 0) is 37.1 Å². The van der Waals surface area contributed by atoms with Crippen molar-refractivity contribution in [2.75, 3.05) is 18.4 Å². The molecule has 0 aliphatic carbocycles. The summed E-state index contributed by atoms with van der Waals surface area (Å²) in [7, 11) is -3.75. The topological polar surface area (TPSA) is 105 Å². The van der Waals surface area contributed by atoms with E-state index in [0.29, 0.717) is 36.1 Å². The maximum atomic E-state index is 13.1. The van der Waals surface area contributed by atoms with Gasteiger partial charge in [0.1, 0.15) is 15.9 Å². The number of sulfonamides is 1. The lowest BCUT2D eigenvalue weighted by Gasteiger charge is -2.31. The molecule has 27 heavy (non-hydrogen) atoms. The minimum absolute atomic E-state index is 0.143. The molecule has 1 aliphatic rings. The molecule has 0 saturated carbocycles. The Kier molecular flexibility index (Phi) is 4.85. The van der Waals surface area contributed by atoms with Gasteiger partial charge in [0.25, 0.3) is 0 Å². The molecule has 0 bridgehead atoms. The molecule has 1 N–H and O–H groups in total. The van der Waals surface area contributed by atoms with Gasteiger partial charge in [-0.1, -0.05) is 6.07 Å². The van der Waals surface area contributed by atoms with Crippen molar-refractivity contribution >= 4 is 44.4 Å². The fourth-order valence-corrected chi connectivity index (χ4v) is 5.46. The van der Waals surface area contributed by atoms with Crippen molar-refractivity contribution in [1.82, 2.24) is 18.0 Å². The van der Waals surface area contributed by atoms with E-state index in [0.717, 1.165) is 11.7 Å². The van der Waals surface area contributed by atoms with Gasteiger partial charge >= 0.3 is 0 Å². The number of piperidine rings is 1. The lowest BCUT2D eigenvalue weighted by molar-refractivity contribution is -0.120. The predicted octanol–water partition coefficient (Wildman–Crippen LogP) is 2.13. The second-order valence-corrected chi connectivity index (χ2v) is 8.75. The van der Waals surface area contributed by atoms with Gasteiger partial charge in [0.05, 0.1) is 17.6 Å². The van der Waals surface area contributed by atoms with Crippen LogP contribution in [0.25, 0.3) is 11.0 Å². The van der Waals surface area contributed by atoms with E-state index in [1.807, 2.05) is 0 Å². The number of hydrogen-bond acceptors (Lipinski definition) is 7. The number of rotatable bonds is 4. The molecule has 1 saturated heterocycles. The normalized spacial score (nSPS) is 18.4. The highest BCUT2D eigenvalue weighted by atomic mass is 32.2. The summed E-state index contributed by atoms with van der Waals surface area (Å²) in [5.74, 6) is -0.593. The van der Waals surface area contributed by atoms with E-state index in [4.69, 9.17) is 0 Å². The summed E-state index contributed by atoms with van der Waals surface area (Å²) in [5, 5.41) is 2.83. The molecular weight excluding hydrogens is 386 g/mol. The summed E-state index contributed by atoms with van der Waals surface area (Å²) >= 11 is 0.984. The maximum Gasteiger partial charge on any atom is 0.245 e. The fourth-order valence-electron chi connectivity index (χ4n) is 3.18. The summed E-state index contributed by atoms with van der Waals surface area (Å²) in [6, 6.07) is 8.34. The highest BCUT2D eigenvalue weighted by Crippen LogP contribution is 2.28. The Bertz CT molecular complexity index is 1070. The molecule has 3 heterocycles. The van der Waals surface area contributed by atoms with Gasteiger partial charge in [0, 0.05) is 31.2 Å². The molecule has 2 aromatic heterocycles. The number of amides is 1. The monoisotopic (exact) mass is 403 g/mol. The third-order valence-electron chi connectivity index (χ3n) is 4.57. The second-order valence-electron chi connectivity index (χ2n) is 6.32. The van der Waals surface area contributed by atoms with Gasteiger partial charge in [-0.15, -0.1) is 0 Å². The molecule has 3 aromatic rings. The van der Waals surface area contributed by atoms with E-state index in [9.17, 15) is 13.2 Å². The van der Waals surface area contributed by atoms with Crippen molar-refractivity contribution in [1.29, 1.82) is 0 Å². The van der Waals surface area contributed by atoms with E-state index in [-0.39, 0.29) is 17.3 Å². The van der Waals surface area contributed by atoms with Crippen LogP contribution in [0.4, 0.5) is 5.69 Å². The number of anilines is 1. The van der Waals surface area contributed by atoms with Gasteiger partial charge in [0.2, 0.25) is 15.9 Å². The van der Waals surface area contributed by atoms with Gasteiger partial charge in [-0.25, -0.2) is 8.42 Å². The number of nitrogens with zero attached hydrogens (tertiary/aromatic N) is 4. The van der Waals surface area contributed by atoms with Crippen molar-refractivity contribution in [3.05, 3.63) is 42.7 Å². The van der Waals surface area contributed by atoms with Crippen LogP contribution < -0.4 is 5.32 Å². The van der Waals surface area contributed by atoms with Crippen LogP contribution in [0, 0.1) is 5.92 Å². The summed E-state index contributed by atoms with van der Waals surface area (Å²) in [5.41, 5.74) is 1.59. The SMILES string of the molecule is O=C(Nc1ccncc1)[C@@H]1CCCN(S(=O)(=O)c2cccc3nsnc23)C1. The van der Waals surface area contributed by atoms with Crippen molar-refractivity contribution in [2.24, 2.45) is 5.92 Å². The van der Waals surface area contributed by atoms with Crippen LogP contribution in [0.2, 0.25) is 0 Å². The molecule has 0 unspecified atom stereocenters.